The molecule has 190 valence electrons. The van der Waals surface area contributed by atoms with Gasteiger partial charge in [0.25, 0.3) is 5.91 Å². The molecule has 1 amide bonds. The molecule has 4 rings (SSSR count). The van der Waals surface area contributed by atoms with Crippen LogP contribution >= 0.6 is 11.6 Å². The van der Waals surface area contributed by atoms with Gasteiger partial charge in [-0.05, 0) is 36.8 Å². The van der Waals surface area contributed by atoms with Gasteiger partial charge in [-0.1, -0.05) is 29.8 Å². The van der Waals surface area contributed by atoms with E-state index in [2.05, 4.69) is 20.1 Å². The molecule has 0 radical (unpaired) electrons. The Morgan fingerprint density at radius 3 is 2.44 bits per heavy atom. The molecule has 9 heteroatoms. The highest BCUT2D eigenvalue weighted by molar-refractivity contribution is 6.34. The topological polar surface area (TPSA) is 76.2 Å². The SMILES string of the molecule is COc1ccc(CN2CCCN(c3ccc(NC(=O)c4ccccc4Cl)cn3)CC2)c(OC)c1OC. The Kier molecular flexibility index (Phi) is 8.51. The summed E-state index contributed by atoms with van der Waals surface area (Å²) in [6, 6.07) is 14.7. The van der Waals surface area contributed by atoms with Crippen LogP contribution in [-0.4, -0.2) is 63.3 Å². The Balaban J connectivity index is 1.38. The van der Waals surface area contributed by atoms with Crippen LogP contribution in [0, 0.1) is 0 Å². The van der Waals surface area contributed by atoms with E-state index in [9.17, 15) is 4.79 Å². The molecule has 0 saturated carbocycles. The van der Waals surface area contributed by atoms with Gasteiger partial charge in [0, 0.05) is 38.3 Å². The number of aromatic nitrogens is 1. The fourth-order valence-electron chi connectivity index (χ4n) is 4.38. The number of halogens is 1. The second kappa shape index (κ2) is 12.0. The second-order valence-electron chi connectivity index (χ2n) is 8.45. The van der Waals surface area contributed by atoms with Crippen LogP contribution in [-0.2, 0) is 6.54 Å². The number of hydrogen-bond acceptors (Lipinski definition) is 7. The van der Waals surface area contributed by atoms with Crippen molar-refractivity contribution in [1.82, 2.24) is 9.88 Å². The van der Waals surface area contributed by atoms with Crippen LogP contribution in [0.25, 0.3) is 0 Å². The van der Waals surface area contributed by atoms with Crippen LogP contribution in [0.3, 0.4) is 0 Å². The number of pyridine rings is 1. The zero-order valence-corrected chi connectivity index (χ0v) is 21.5. The third kappa shape index (κ3) is 5.83. The third-order valence-corrected chi connectivity index (χ3v) is 6.55. The molecule has 0 aliphatic carbocycles. The van der Waals surface area contributed by atoms with Crippen molar-refractivity contribution in [2.45, 2.75) is 13.0 Å². The van der Waals surface area contributed by atoms with Crippen LogP contribution in [0.15, 0.2) is 54.7 Å². The number of nitrogens with one attached hydrogen (secondary N) is 1. The minimum Gasteiger partial charge on any atom is -0.493 e. The molecule has 1 fully saturated rings. The standard InChI is InChI=1S/C27H31ClN4O4/c1-34-23-11-9-19(25(35-2)26(23)36-3)18-31-13-6-14-32(16-15-31)24-12-10-20(17-29-24)30-27(33)21-7-4-5-8-22(21)28/h4-5,7-12,17H,6,13-16,18H2,1-3H3,(H,30,33). The van der Waals surface area contributed by atoms with Gasteiger partial charge in [-0.15, -0.1) is 0 Å². The average Bonchev–Trinajstić information content (AvgIpc) is 3.14. The van der Waals surface area contributed by atoms with Gasteiger partial charge in [-0.3, -0.25) is 9.69 Å². The molecule has 0 atom stereocenters. The lowest BCUT2D eigenvalue weighted by molar-refractivity contribution is 0.102. The van der Waals surface area contributed by atoms with Crippen LogP contribution in [0.1, 0.15) is 22.3 Å². The van der Waals surface area contributed by atoms with Crippen molar-refractivity contribution >= 4 is 29.0 Å². The molecule has 0 unspecified atom stereocenters. The highest BCUT2D eigenvalue weighted by Crippen LogP contribution is 2.40. The van der Waals surface area contributed by atoms with E-state index < -0.39 is 0 Å². The molecule has 1 N–H and O–H groups in total. The van der Waals surface area contributed by atoms with Crippen molar-refractivity contribution in [3.63, 3.8) is 0 Å². The number of carbonyl (C=O) groups is 1. The predicted octanol–water partition coefficient (Wildman–Crippen LogP) is 4.73. The first kappa shape index (κ1) is 25.6. The van der Waals surface area contributed by atoms with Gasteiger partial charge in [-0.25, -0.2) is 4.98 Å². The van der Waals surface area contributed by atoms with Crippen molar-refractivity contribution in [1.29, 1.82) is 0 Å². The smallest absolute Gasteiger partial charge is 0.257 e. The van der Waals surface area contributed by atoms with E-state index in [0.29, 0.717) is 33.5 Å². The molecule has 2 aromatic carbocycles. The summed E-state index contributed by atoms with van der Waals surface area (Å²) < 4.78 is 16.6. The van der Waals surface area contributed by atoms with Crippen LogP contribution in [0.2, 0.25) is 5.02 Å². The fourth-order valence-corrected chi connectivity index (χ4v) is 4.60. The van der Waals surface area contributed by atoms with Gasteiger partial charge >= 0.3 is 0 Å². The lowest BCUT2D eigenvalue weighted by atomic mass is 10.1. The van der Waals surface area contributed by atoms with Crippen molar-refractivity contribution in [2.24, 2.45) is 0 Å². The lowest BCUT2D eigenvalue weighted by Gasteiger charge is -2.24. The van der Waals surface area contributed by atoms with Crippen molar-refractivity contribution < 1.29 is 19.0 Å². The van der Waals surface area contributed by atoms with Gasteiger partial charge < -0.3 is 24.4 Å². The third-order valence-electron chi connectivity index (χ3n) is 6.22. The summed E-state index contributed by atoms with van der Waals surface area (Å²) in [5.74, 6) is 2.59. The number of hydrogen-bond donors (Lipinski definition) is 1. The maximum Gasteiger partial charge on any atom is 0.257 e. The quantitative estimate of drug-likeness (QED) is 0.469. The fraction of sp³-hybridized carbons (Fsp3) is 0.333. The first-order valence-electron chi connectivity index (χ1n) is 11.8. The molecule has 0 bridgehead atoms. The van der Waals surface area contributed by atoms with Gasteiger partial charge in [0.1, 0.15) is 5.82 Å². The number of carbonyl (C=O) groups excluding carboxylic acids is 1. The molecular formula is C27H31ClN4O4. The van der Waals surface area contributed by atoms with Crippen molar-refractivity contribution in [3.05, 3.63) is 70.9 Å². The molecule has 8 nitrogen and oxygen atoms in total. The molecule has 2 heterocycles. The Bertz CT molecular complexity index is 1190. The van der Waals surface area contributed by atoms with E-state index >= 15 is 0 Å². The molecule has 0 spiro atoms. The second-order valence-corrected chi connectivity index (χ2v) is 8.86. The van der Waals surface area contributed by atoms with E-state index in [0.717, 1.165) is 50.5 Å². The van der Waals surface area contributed by atoms with E-state index in [4.69, 9.17) is 25.8 Å². The zero-order chi connectivity index (χ0) is 25.5. The Morgan fingerprint density at radius 2 is 1.75 bits per heavy atom. The molecule has 3 aromatic rings. The normalized spacial score (nSPS) is 14.2. The summed E-state index contributed by atoms with van der Waals surface area (Å²) in [6.45, 7) is 4.33. The van der Waals surface area contributed by atoms with Crippen LogP contribution in [0.5, 0.6) is 17.2 Å². The van der Waals surface area contributed by atoms with E-state index in [-0.39, 0.29) is 5.91 Å². The lowest BCUT2D eigenvalue weighted by Crippen LogP contribution is -2.31. The number of amides is 1. The van der Waals surface area contributed by atoms with Crippen molar-refractivity contribution in [2.75, 3.05) is 57.7 Å². The molecule has 1 aliphatic heterocycles. The zero-order valence-electron chi connectivity index (χ0n) is 20.8. The predicted molar refractivity (Wildman–Crippen MR) is 142 cm³/mol. The summed E-state index contributed by atoms with van der Waals surface area (Å²) in [5, 5.41) is 3.28. The largest absolute Gasteiger partial charge is 0.493 e. The Morgan fingerprint density at radius 1 is 0.944 bits per heavy atom. The summed E-state index contributed by atoms with van der Waals surface area (Å²) in [4.78, 5) is 21.8. The first-order chi connectivity index (χ1) is 17.5. The number of nitrogens with zero attached hydrogens (tertiary/aromatic N) is 3. The Labute approximate surface area is 216 Å². The Hall–Kier alpha value is -3.49. The van der Waals surface area contributed by atoms with Crippen LogP contribution < -0.4 is 24.4 Å². The summed E-state index contributed by atoms with van der Waals surface area (Å²) in [6.07, 6.45) is 2.68. The molecule has 1 aromatic heterocycles. The summed E-state index contributed by atoms with van der Waals surface area (Å²) in [5.41, 5.74) is 2.11. The van der Waals surface area contributed by atoms with Crippen LogP contribution in [0.4, 0.5) is 11.5 Å². The summed E-state index contributed by atoms with van der Waals surface area (Å²) >= 11 is 6.13. The number of methoxy groups -OCH3 is 3. The monoisotopic (exact) mass is 510 g/mol. The summed E-state index contributed by atoms with van der Waals surface area (Å²) in [7, 11) is 4.89. The maximum atomic E-state index is 12.5. The number of anilines is 2. The van der Waals surface area contributed by atoms with Gasteiger partial charge in [-0.2, -0.15) is 0 Å². The highest BCUT2D eigenvalue weighted by Gasteiger charge is 2.21. The maximum absolute atomic E-state index is 12.5. The van der Waals surface area contributed by atoms with Gasteiger partial charge in [0.15, 0.2) is 11.5 Å². The molecular weight excluding hydrogens is 480 g/mol. The van der Waals surface area contributed by atoms with E-state index in [1.165, 1.54) is 0 Å². The molecule has 1 saturated heterocycles. The van der Waals surface area contributed by atoms with Crippen molar-refractivity contribution in [3.8, 4) is 17.2 Å². The molecule has 1 aliphatic rings. The highest BCUT2D eigenvalue weighted by atomic mass is 35.5. The van der Waals surface area contributed by atoms with E-state index in [1.54, 1.807) is 51.8 Å². The first-order valence-corrected chi connectivity index (χ1v) is 12.2. The minimum atomic E-state index is -0.258. The van der Waals surface area contributed by atoms with E-state index in [1.807, 2.05) is 24.3 Å². The molecule has 36 heavy (non-hydrogen) atoms. The number of rotatable bonds is 8. The number of ether oxygens (including phenoxy) is 3. The number of benzene rings is 2. The van der Waals surface area contributed by atoms with Gasteiger partial charge in [0.2, 0.25) is 5.75 Å². The average molecular weight is 511 g/mol. The minimum absolute atomic E-state index is 0.258. The van der Waals surface area contributed by atoms with Gasteiger partial charge in [0.05, 0.1) is 43.8 Å².